The van der Waals surface area contributed by atoms with Crippen LogP contribution in [0.3, 0.4) is 0 Å². The second-order valence-corrected chi connectivity index (χ2v) is 12.8. The molecule has 0 unspecified atom stereocenters. The fourth-order valence-electron chi connectivity index (χ4n) is 6.19. The quantitative estimate of drug-likeness (QED) is 0.219. The minimum Gasteiger partial charge on any atom is -0.550 e. The van der Waals surface area contributed by atoms with Crippen molar-refractivity contribution >= 4 is 17.8 Å². The van der Waals surface area contributed by atoms with E-state index < -0.39 is 66.1 Å². The van der Waals surface area contributed by atoms with Gasteiger partial charge in [-0.25, -0.2) is 0 Å². The topological polar surface area (TPSA) is 142 Å². The molecule has 3 aliphatic heterocycles. The van der Waals surface area contributed by atoms with E-state index in [9.17, 15) is 19.5 Å². The summed E-state index contributed by atoms with van der Waals surface area (Å²) in [6, 6.07) is 18.7. The molecule has 11 nitrogen and oxygen atoms in total. The zero-order valence-corrected chi connectivity index (χ0v) is 29.1. The first-order valence-electron chi connectivity index (χ1n) is 15.5. The molecule has 3 aliphatic rings. The fourth-order valence-corrected chi connectivity index (χ4v) is 6.19. The number of amides is 1. The maximum absolute atomic E-state index is 13.3. The van der Waals surface area contributed by atoms with Gasteiger partial charge in [0.1, 0.15) is 31.0 Å². The molecule has 1 N–H and O–H groups in total. The van der Waals surface area contributed by atoms with Gasteiger partial charge < -0.3 is 43.6 Å². The molecule has 12 heteroatoms. The molecule has 46 heavy (non-hydrogen) atoms. The molecule has 3 fully saturated rings. The summed E-state index contributed by atoms with van der Waals surface area (Å²) < 4.78 is 35.7. The molecule has 1 amide bonds. The number of fused-ring (bicyclic) bond motifs is 3. The maximum atomic E-state index is 13.3. The van der Waals surface area contributed by atoms with Crippen molar-refractivity contribution in [3.8, 4) is 0 Å². The SMILES string of the molecule is CC1(C)O[C@@H]2O[C@@H](COC(=O)CCNC(=O)[C@H](Cc3ccccc3)C[C@@H](Cc3ccccc3)C(=O)[O-])[C@H]3OC(C)(C)O[C@H]3[C@@H]2O1.[Na+]. The number of hydrogen-bond acceptors (Lipinski definition) is 10. The summed E-state index contributed by atoms with van der Waals surface area (Å²) in [5, 5.41) is 14.9. The summed E-state index contributed by atoms with van der Waals surface area (Å²) in [6.07, 6.45) is -2.21. The van der Waals surface area contributed by atoms with E-state index in [0.717, 1.165) is 11.1 Å². The molecule has 0 bridgehead atoms. The summed E-state index contributed by atoms with van der Waals surface area (Å²) in [6.45, 7) is 7.12. The second kappa shape index (κ2) is 15.7. The first kappa shape index (κ1) is 36.5. The van der Waals surface area contributed by atoms with Gasteiger partial charge in [0.05, 0.1) is 6.42 Å². The second-order valence-electron chi connectivity index (χ2n) is 12.8. The summed E-state index contributed by atoms with van der Waals surface area (Å²) >= 11 is 0. The van der Waals surface area contributed by atoms with Crippen LogP contribution >= 0.6 is 0 Å². The number of aliphatic carboxylic acids is 1. The van der Waals surface area contributed by atoms with Crippen LogP contribution in [0.2, 0.25) is 0 Å². The summed E-state index contributed by atoms with van der Waals surface area (Å²) in [5.74, 6) is -5.31. The van der Waals surface area contributed by atoms with E-state index in [0.29, 0.717) is 6.42 Å². The van der Waals surface area contributed by atoms with Crippen LogP contribution < -0.4 is 40.0 Å². The normalized spacial score (nSPS) is 26.9. The van der Waals surface area contributed by atoms with Crippen LogP contribution in [-0.4, -0.2) is 73.3 Å². The largest absolute Gasteiger partial charge is 1.00 e. The van der Waals surface area contributed by atoms with Gasteiger partial charge in [0.25, 0.3) is 0 Å². The van der Waals surface area contributed by atoms with Crippen molar-refractivity contribution in [2.24, 2.45) is 11.8 Å². The summed E-state index contributed by atoms with van der Waals surface area (Å²) in [5.41, 5.74) is 1.76. The molecule has 2 aromatic rings. The monoisotopic (exact) mass is 647 g/mol. The number of hydrogen-bond donors (Lipinski definition) is 1. The van der Waals surface area contributed by atoms with E-state index in [1.54, 1.807) is 27.7 Å². The van der Waals surface area contributed by atoms with Crippen molar-refractivity contribution in [3.05, 3.63) is 71.8 Å². The Kier molecular flexibility index (Phi) is 12.5. The molecular weight excluding hydrogens is 605 g/mol. The number of esters is 1. The van der Waals surface area contributed by atoms with Gasteiger partial charge in [-0.15, -0.1) is 0 Å². The first-order chi connectivity index (χ1) is 21.4. The Morgan fingerprint density at radius 1 is 0.804 bits per heavy atom. The Labute approximate surface area is 291 Å². The van der Waals surface area contributed by atoms with E-state index in [1.807, 2.05) is 60.7 Å². The number of carboxylic acid groups (broad SMARTS) is 1. The number of carbonyl (C=O) groups excluding carboxylic acids is 3. The van der Waals surface area contributed by atoms with Crippen molar-refractivity contribution in [1.82, 2.24) is 5.32 Å². The molecule has 0 radical (unpaired) electrons. The average molecular weight is 648 g/mol. The first-order valence-corrected chi connectivity index (χ1v) is 15.5. The van der Waals surface area contributed by atoms with E-state index in [-0.39, 0.29) is 67.9 Å². The van der Waals surface area contributed by atoms with Crippen LogP contribution in [0.15, 0.2) is 60.7 Å². The van der Waals surface area contributed by atoms with Crippen LogP contribution in [0.25, 0.3) is 0 Å². The number of benzene rings is 2. The van der Waals surface area contributed by atoms with Crippen LogP contribution in [0, 0.1) is 11.8 Å². The van der Waals surface area contributed by atoms with E-state index >= 15 is 0 Å². The van der Waals surface area contributed by atoms with Gasteiger partial charge >= 0.3 is 35.5 Å². The van der Waals surface area contributed by atoms with E-state index in [2.05, 4.69) is 5.32 Å². The minimum absolute atomic E-state index is 0. The van der Waals surface area contributed by atoms with Gasteiger partial charge in [0.15, 0.2) is 17.9 Å². The number of carboxylic acids is 1. The molecule has 244 valence electrons. The Morgan fingerprint density at radius 2 is 1.35 bits per heavy atom. The van der Waals surface area contributed by atoms with Crippen LogP contribution in [0.1, 0.15) is 51.7 Å². The zero-order chi connectivity index (χ0) is 32.2. The average Bonchev–Trinajstić information content (AvgIpc) is 3.49. The van der Waals surface area contributed by atoms with Gasteiger partial charge in [-0.3, -0.25) is 9.59 Å². The van der Waals surface area contributed by atoms with Crippen molar-refractivity contribution in [3.63, 3.8) is 0 Å². The van der Waals surface area contributed by atoms with Crippen LogP contribution in [0.5, 0.6) is 0 Å². The molecule has 3 saturated heterocycles. The summed E-state index contributed by atoms with van der Waals surface area (Å²) in [4.78, 5) is 38.1. The number of carbonyl (C=O) groups is 3. The molecular formula is C34H42NNaO10. The van der Waals surface area contributed by atoms with Gasteiger partial charge in [0, 0.05) is 24.3 Å². The van der Waals surface area contributed by atoms with Crippen LogP contribution in [-0.2, 0) is 55.6 Å². The predicted octanol–water partition coefficient (Wildman–Crippen LogP) is -0.706. The minimum atomic E-state index is -1.20. The number of ether oxygens (including phenoxy) is 6. The van der Waals surface area contributed by atoms with Gasteiger partial charge in [0.2, 0.25) is 5.91 Å². The zero-order valence-electron chi connectivity index (χ0n) is 27.1. The third-order valence-corrected chi connectivity index (χ3v) is 8.21. The molecule has 0 spiro atoms. The number of rotatable bonds is 13. The van der Waals surface area contributed by atoms with Crippen molar-refractivity contribution in [2.75, 3.05) is 13.2 Å². The van der Waals surface area contributed by atoms with Crippen LogP contribution in [0.4, 0.5) is 0 Å². The maximum Gasteiger partial charge on any atom is 1.00 e. The third-order valence-electron chi connectivity index (χ3n) is 8.21. The van der Waals surface area contributed by atoms with E-state index in [4.69, 9.17) is 28.4 Å². The fraction of sp³-hybridized carbons (Fsp3) is 0.559. The Morgan fingerprint density at radius 3 is 1.96 bits per heavy atom. The Hall–Kier alpha value is -2.35. The number of nitrogens with one attached hydrogen (secondary N) is 1. The molecule has 0 saturated carbocycles. The molecule has 0 aliphatic carbocycles. The standard InChI is InChI=1S/C34H43NO10.Na/c1-33(2)42-27-25(41-32-29(28(27)43-33)44-34(3,4)45-32)20-40-26(36)15-16-35-30(37)23(17-21-11-7-5-8-12-21)19-24(31(38)39)18-22-13-9-6-10-14-22;/h5-14,23-25,27-29,32H,15-20H2,1-4H3,(H,35,37)(H,38,39);/q;+1/p-1/t23-,24-,25+,27-,28-,29+,32+;/m1./s1. The van der Waals surface area contributed by atoms with Crippen molar-refractivity contribution in [1.29, 1.82) is 0 Å². The molecule has 0 aromatic heterocycles. The van der Waals surface area contributed by atoms with E-state index in [1.165, 1.54) is 0 Å². The Balaban J connectivity index is 0.00000480. The van der Waals surface area contributed by atoms with Gasteiger partial charge in [-0.1, -0.05) is 60.7 Å². The van der Waals surface area contributed by atoms with Crippen molar-refractivity contribution < 1.29 is 77.5 Å². The van der Waals surface area contributed by atoms with Gasteiger partial charge in [-0.05, 0) is 58.1 Å². The molecule has 7 atom stereocenters. The third kappa shape index (κ3) is 9.60. The molecule has 5 rings (SSSR count). The molecule has 3 heterocycles. The predicted molar refractivity (Wildman–Crippen MR) is 158 cm³/mol. The Bertz CT molecular complexity index is 1320. The van der Waals surface area contributed by atoms with Gasteiger partial charge in [-0.2, -0.15) is 0 Å². The smallest absolute Gasteiger partial charge is 0.550 e. The summed E-state index contributed by atoms with van der Waals surface area (Å²) in [7, 11) is 0. The van der Waals surface area contributed by atoms with Crippen molar-refractivity contribution in [2.45, 2.75) is 95.7 Å². The molecule has 2 aromatic carbocycles.